The number of aromatic nitrogens is 1. The predicted molar refractivity (Wildman–Crippen MR) is 52.0 cm³/mol. The lowest BCUT2D eigenvalue weighted by Gasteiger charge is -2.07. The topological polar surface area (TPSA) is 62.3 Å². The van der Waals surface area contributed by atoms with Crippen LogP contribution < -0.4 is 0 Å². The molecule has 0 fully saturated rings. The smallest absolute Gasteiger partial charge is 0.335 e. The van der Waals surface area contributed by atoms with Gasteiger partial charge in [0.1, 0.15) is 0 Å². The van der Waals surface area contributed by atoms with E-state index in [9.17, 15) is 9.90 Å². The second kappa shape index (κ2) is 4.28. The van der Waals surface area contributed by atoms with Crippen LogP contribution in [-0.4, -0.2) is 29.3 Å². The van der Waals surface area contributed by atoms with Gasteiger partial charge in [-0.05, 0) is 25.5 Å². The molecule has 78 valence electrons. The van der Waals surface area contributed by atoms with Crippen molar-refractivity contribution < 1.29 is 14.6 Å². The van der Waals surface area contributed by atoms with E-state index in [-0.39, 0.29) is 0 Å². The summed E-state index contributed by atoms with van der Waals surface area (Å²) in [6.45, 7) is 3.84. The Bertz CT molecular complexity index is 330. The molecule has 1 atom stereocenters. The molecule has 0 aliphatic rings. The Morgan fingerprint density at radius 2 is 2.29 bits per heavy atom. The standard InChI is InChI=1S/C10H15NO3/c1-6-4-8(7(2)11-6)5-9(12)10(13)14-3/h4,9,11-12H,5H2,1-3H3. The van der Waals surface area contributed by atoms with Crippen LogP contribution in [0.1, 0.15) is 17.0 Å². The number of aromatic amines is 1. The van der Waals surface area contributed by atoms with E-state index in [0.717, 1.165) is 17.0 Å². The molecule has 2 N–H and O–H groups in total. The molecule has 0 aliphatic carbocycles. The average Bonchev–Trinajstić information content (AvgIpc) is 2.44. The summed E-state index contributed by atoms with van der Waals surface area (Å²) in [5.41, 5.74) is 2.94. The maximum atomic E-state index is 11.0. The molecule has 1 unspecified atom stereocenters. The van der Waals surface area contributed by atoms with Crippen molar-refractivity contribution in [2.45, 2.75) is 26.4 Å². The molecule has 0 saturated heterocycles. The van der Waals surface area contributed by atoms with Crippen molar-refractivity contribution in [3.05, 3.63) is 23.0 Å². The Kier molecular flexibility index (Phi) is 3.30. The Labute approximate surface area is 82.9 Å². The number of nitrogens with one attached hydrogen (secondary N) is 1. The van der Waals surface area contributed by atoms with Crippen LogP contribution in [0.25, 0.3) is 0 Å². The van der Waals surface area contributed by atoms with Gasteiger partial charge in [-0.1, -0.05) is 0 Å². The first-order valence-electron chi connectivity index (χ1n) is 4.45. The van der Waals surface area contributed by atoms with Gasteiger partial charge in [0.05, 0.1) is 7.11 Å². The van der Waals surface area contributed by atoms with Crippen LogP contribution in [0.3, 0.4) is 0 Å². The highest BCUT2D eigenvalue weighted by Gasteiger charge is 2.17. The number of rotatable bonds is 3. The second-order valence-corrected chi connectivity index (χ2v) is 3.35. The molecular formula is C10H15NO3. The van der Waals surface area contributed by atoms with E-state index in [4.69, 9.17) is 0 Å². The van der Waals surface area contributed by atoms with Gasteiger partial charge in [0.15, 0.2) is 6.10 Å². The summed E-state index contributed by atoms with van der Waals surface area (Å²) in [6, 6.07) is 1.92. The molecule has 4 nitrogen and oxygen atoms in total. The zero-order valence-corrected chi connectivity index (χ0v) is 8.63. The number of aliphatic hydroxyl groups is 1. The Balaban J connectivity index is 2.69. The highest BCUT2D eigenvalue weighted by Crippen LogP contribution is 2.12. The van der Waals surface area contributed by atoms with Gasteiger partial charge in [0, 0.05) is 17.8 Å². The summed E-state index contributed by atoms with van der Waals surface area (Å²) in [5.74, 6) is -0.594. The first-order chi connectivity index (χ1) is 6.54. The lowest BCUT2D eigenvalue weighted by atomic mass is 10.1. The summed E-state index contributed by atoms with van der Waals surface area (Å²) in [4.78, 5) is 14.1. The van der Waals surface area contributed by atoms with Gasteiger partial charge < -0.3 is 14.8 Å². The quantitative estimate of drug-likeness (QED) is 0.701. The summed E-state index contributed by atoms with van der Waals surface area (Å²) in [6.07, 6.45) is -0.781. The van der Waals surface area contributed by atoms with Crippen molar-refractivity contribution in [3.63, 3.8) is 0 Å². The number of carbonyl (C=O) groups is 1. The maximum absolute atomic E-state index is 11.0. The third kappa shape index (κ3) is 2.35. The Morgan fingerprint density at radius 1 is 1.64 bits per heavy atom. The van der Waals surface area contributed by atoms with E-state index in [0.29, 0.717) is 6.42 Å². The molecule has 4 heteroatoms. The van der Waals surface area contributed by atoms with Crippen molar-refractivity contribution in [1.29, 1.82) is 0 Å². The normalized spacial score (nSPS) is 12.6. The predicted octanol–water partition coefficient (Wildman–Crippen LogP) is 0.708. The zero-order valence-electron chi connectivity index (χ0n) is 8.63. The van der Waals surface area contributed by atoms with E-state index in [2.05, 4.69) is 9.72 Å². The fourth-order valence-electron chi connectivity index (χ4n) is 1.42. The van der Waals surface area contributed by atoms with Crippen LogP contribution in [0, 0.1) is 13.8 Å². The molecule has 1 rings (SSSR count). The minimum absolute atomic E-state index is 0.294. The molecule has 0 amide bonds. The Hall–Kier alpha value is -1.29. The van der Waals surface area contributed by atoms with E-state index in [1.165, 1.54) is 7.11 Å². The largest absolute Gasteiger partial charge is 0.467 e. The van der Waals surface area contributed by atoms with Gasteiger partial charge in [-0.2, -0.15) is 0 Å². The van der Waals surface area contributed by atoms with Crippen LogP contribution in [0.5, 0.6) is 0 Å². The number of aryl methyl sites for hydroxylation is 2. The van der Waals surface area contributed by atoms with Gasteiger partial charge in [0.2, 0.25) is 0 Å². The molecule has 14 heavy (non-hydrogen) atoms. The van der Waals surface area contributed by atoms with Crippen molar-refractivity contribution in [3.8, 4) is 0 Å². The van der Waals surface area contributed by atoms with Crippen LogP contribution in [0.4, 0.5) is 0 Å². The number of hydrogen-bond acceptors (Lipinski definition) is 3. The number of hydrogen-bond donors (Lipinski definition) is 2. The number of carbonyl (C=O) groups excluding carboxylic acids is 1. The molecule has 0 aliphatic heterocycles. The van der Waals surface area contributed by atoms with Gasteiger partial charge in [0.25, 0.3) is 0 Å². The molecule has 1 aromatic rings. The monoisotopic (exact) mass is 197 g/mol. The van der Waals surface area contributed by atoms with Gasteiger partial charge >= 0.3 is 5.97 Å². The van der Waals surface area contributed by atoms with Crippen molar-refractivity contribution in [1.82, 2.24) is 4.98 Å². The van der Waals surface area contributed by atoms with Crippen molar-refractivity contribution in [2.75, 3.05) is 7.11 Å². The van der Waals surface area contributed by atoms with Crippen LogP contribution in [0.15, 0.2) is 6.07 Å². The molecule has 0 saturated carbocycles. The van der Waals surface area contributed by atoms with Gasteiger partial charge in [-0.3, -0.25) is 0 Å². The number of ether oxygens (including phenoxy) is 1. The number of H-pyrrole nitrogens is 1. The minimum atomic E-state index is -1.08. The number of aliphatic hydroxyl groups excluding tert-OH is 1. The lowest BCUT2D eigenvalue weighted by molar-refractivity contribution is -0.150. The lowest BCUT2D eigenvalue weighted by Crippen LogP contribution is -2.24. The summed E-state index contributed by atoms with van der Waals surface area (Å²) in [7, 11) is 1.26. The molecule has 1 aromatic heterocycles. The fourth-order valence-corrected chi connectivity index (χ4v) is 1.42. The van der Waals surface area contributed by atoms with Gasteiger partial charge in [-0.25, -0.2) is 4.79 Å². The third-order valence-electron chi connectivity index (χ3n) is 2.14. The molecule has 0 aromatic carbocycles. The van der Waals surface area contributed by atoms with E-state index < -0.39 is 12.1 Å². The van der Waals surface area contributed by atoms with E-state index in [1.54, 1.807) is 0 Å². The highest BCUT2D eigenvalue weighted by molar-refractivity contribution is 5.74. The summed E-state index contributed by atoms with van der Waals surface area (Å²) >= 11 is 0. The molecule has 0 radical (unpaired) electrons. The van der Waals surface area contributed by atoms with E-state index in [1.807, 2.05) is 19.9 Å². The molecular weight excluding hydrogens is 182 g/mol. The van der Waals surface area contributed by atoms with E-state index >= 15 is 0 Å². The molecule has 0 bridgehead atoms. The maximum Gasteiger partial charge on any atom is 0.335 e. The second-order valence-electron chi connectivity index (χ2n) is 3.35. The fraction of sp³-hybridized carbons (Fsp3) is 0.500. The summed E-state index contributed by atoms with van der Waals surface area (Å²) in [5, 5.41) is 9.42. The zero-order chi connectivity index (χ0) is 10.7. The van der Waals surface area contributed by atoms with Crippen LogP contribution in [0.2, 0.25) is 0 Å². The third-order valence-corrected chi connectivity index (χ3v) is 2.14. The number of esters is 1. The van der Waals surface area contributed by atoms with Crippen molar-refractivity contribution >= 4 is 5.97 Å². The summed E-state index contributed by atoms with van der Waals surface area (Å²) < 4.78 is 4.43. The minimum Gasteiger partial charge on any atom is -0.467 e. The van der Waals surface area contributed by atoms with Crippen LogP contribution in [-0.2, 0) is 16.0 Å². The van der Waals surface area contributed by atoms with Gasteiger partial charge in [-0.15, -0.1) is 0 Å². The Morgan fingerprint density at radius 3 is 2.71 bits per heavy atom. The number of methoxy groups -OCH3 is 1. The first-order valence-corrected chi connectivity index (χ1v) is 4.45. The first kappa shape index (κ1) is 10.8. The average molecular weight is 197 g/mol. The van der Waals surface area contributed by atoms with Crippen LogP contribution >= 0.6 is 0 Å². The molecule has 1 heterocycles. The van der Waals surface area contributed by atoms with Crippen molar-refractivity contribution in [2.24, 2.45) is 0 Å². The molecule has 0 spiro atoms. The SMILES string of the molecule is COC(=O)C(O)Cc1cc(C)[nH]c1C. The highest BCUT2D eigenvalue weighted by atomic mass is 16.5.